The van der Waals surface area contributed by atoms with Crippen LogP contribution < -0.4 is 10.6 Å². The maximum absolute atomic E-state index is 12.0. The summed E-state index contributed by atoms with van der Waals surface area (Å²) >= 11 is 0. The van der Waals surface area contributed by atoms with Crippen molar-refractivity contribution in [3.05, 3.63) is 59.7 Å². The van der Waals surface area contributed by atoms with Gasteiger partial charge in [-0.05, 0) is 35.6 Å². The molecule has 0 bridgehead atoms. The van der Waals surface area contributed by atoms with Crippen LogP contribution in [0.1, 0.15) is 36.8 Å². The molecule has 3 rings (SSSR count). The zero-order valence-corrected chi connectivity index (χ0v) is 14.6. The van der Waals surface area contributed by atoms with Gasteiger partial charge in [-0.3, -0.25) is 0 Å². The van der Waals surface area contributed by atoms with Gasteiger partial charge in [0.05, 0.1) is 23.8 Å². The minimum absolute atomic E-state index is 0.159. The van der Waals surface area contributed by atoms with E-state index in [1.807, 2.05) is 42.5 Å². The quantitative estimate of drug-likeness (QED) is 0.791. The van der Waals surface area contributed by atoms with Crippen molar-refractivity contribution in [2.75, 3.05) is 0 Å². The van der Waals surface area contributed by atoms with Crippen LogP contribution in [0, 0.1) is 11.3 Å². The number of amides is 2. The number of aliphatic hydroxyl groups is 1. The minimum atomic E-state index is -0.450. The van der Waals surface area contributed by atoms with Crippen molar-refractivity contribution < 1.29 is 9.90 Å². The second-order valence-corrected chi connectivity index (χ2v) is 6.64. The van der Waals surface area contributed by atoms with Gasteiger partial charge in [-0.25, -0.2) is 4.79 Å². The number of hydrogen-bond acceptors (Lipinski definition) is 3. The van der Waals surface area contributed by atoms with E-state index in [0.29, 0.717) is 12.1 Å². The molecular weight excluding hydrogens is 326 g/mol. The van der Waals surface area contributed by atoms with Gasteiger partial charge in [0.1, 0.15) is 0 Å². The second kappa shape index (κ2) is 8.50. The molecule has 0 heterocycles. The van der Waals surface area contributed by atoms with Crippen LogP contribution in [0.25, 0.3) is 11.1 Å². The van der Waals surface area contributed by atoms with Crippen molar-refractivity contribution in [2.45, 2.75) is 44.4 Å². The number of carbonyl (C=O) groups excluding carboxylic acids is 1. The van der Waals surface area contributed by atoms with Crippen molar-refractivity contribution >= 4 is 6.03 Å². The van der Waals surface area contributed by atoms with E-state index in [9.17, 15) is 15.2 Å². The summed E-state index contributed by atoms with van der Waals surface area (Å²) in [7, 11) is 0. The van der Waals surface area contributed by atoms with E-state index in [-0.39, 0.29) is 12.1 Å². The number of hydrogen-bond donors (Lipinski definition) is 3. The average molecular weight is 349 g/mol. The fourth-order valence-electron chi connectivity index (χ4n) is 3.32. The molecular formula is C21H23N3O2. The summed E-state index contributed by atoms with van der Waals surface area (Å²) in [5.41, 5.74) is 3.49. The van der Waals surface area contributed by atoms with Gasteiger partial charge in [0.25, 0.3) is 0 Å². The minimum Gasteiger partial charge on any atom is -0.391 e. The molecule has 0 spiro atoms. The Bertz CT molecular complexity index is 796. The van der Waals surface area contributed by atoms with Gasteiger partial charge in [-0.15, -0.1) is 0 Å². The lowest BCUT2D eigenvalue weighted by atomic mass is 9.93. The van der Waals surface area contributed by atoms with Crippen LogP contribution in [-0.2, 0) is 6.54 Å². The van der Waals surface area contributed by atoms with Crippen molar-refractivity contribution in [3.63, 3.8) is 0 Å². The maximum atomic E-state index is 12.0. The predicted octanol–water partition coefficient (Wildman–Crippen LogP) is 3.33. The first-order valence-corrected chi connectivity index (χ1v) is 8.98. The number of urea groups is 1. The van der Waals surface area contributed by atoms with Crippen molar-refractivity contribution in [1.29, 1.82) is 5.26 Å². The van der Waals surface area contributed by atoms with Crippen LogP contribution >= 0.6 is 0 Å². The smallest absolute Gasteiger partial charge is 0.315 e. The number of carbonyl (C=O) groups is 1. The third-order valence-electron chi connectivity index (χ3n) is 4.81. The number of nitriles is 1. The highest BCUT2D eigenvalue weighted by Crippen LogP contribution is 2.23. The lowest BCUT2D eigenvalue weighted by Gasteiger charge is -2.28. The molecule has 1 saturated carbocycles. The summed E-state index contributed by atoms with van der Waals surface area (Å²) in [5, 5.41) is 24.8. The second-order valence-electron chi connectivity index (χ2n) is 6.64. The van der Waals surface area contributed by atoms with E-state index >= 15 is 0 Å². The highest BCUT2D eigenvalue weighted by molar-refractivity contribution is 5.74. The molecule has 2 atom stereocenters. The third kappa shape index (κ3) is 4.41. The first kappa shape index (κ1) is 18.0. The summed E-state index contributed by atoms with van der Waals surface area (Å²) in [4.78, 5) is 12.0. The van der Waals surface area contributed by atoms with Crippen LogP contribution in [0.15, 0.2) is 48.5 Å². The van der Waals surface area contributed by atoms with E-state index in [2.05, 4.69) is 16.7 Å². The highest BCUT2D eigenvalue weighted by atomic mass is 16.3. The summed E-state index contributed by atoms with van der Waals surface area (Å²) in [6.07, 6.45) is 3.17. The van der Waals surface area contributed by atoms with Crippen LogP contribution in [0.4, 0.5) is 4.79 Å². The van der Waals surface area contributed by atoms with E-state index in [4.69, 9.17) is 0 Å². The monoisotopic (exact) mass is 349 g/mol. The molecule has 2 unspecified atom stereocenters. The molecule has 1 aliphatic rings. The summed E-state index contributed by atoms with van der Waals surface area (Å²) in [5.74, 6) is 0. The zero-order chi connectivity index (χ0) is 18.4. The molecule has 0 radical (unpaired) electrons. The summed E-state index contributed by atoms with van der Waals surface area (Å²) in [6.45, 7) is 0.412. The molecule has 0 aliphatic heterocycles. The van der Waals surface area contributed by atoms with E-state index in [1.54, 1.807) is 6.07 Å². The van der Waals surface area contributed by atoms with Gasteiger partial charge in [-0.1, -0.05) is 55.3 Å². The first-order chi connectivity index (χ1) is 12.7. The Labute approximate surface area is 153 Å². The van der Waals surface area contributed by atoms with Gasteiger partial charge >= 0.3 is 6.03 Å². The molecule has 5 nitrogen and oxygen atoms in total. The van der Waals surface area contributed by atoms with E-state index < -0.39 is 6.10 Å². The molecule has 2 amide bonds. The van der Waals surface area contributed by atoms with Gasteiger partial charge in [0.15, 0.2) is 0 Å². The molecule has 5 heteroatoms. The molecule has 2 aromatic carbocycles. The highest BCUT2D eigenvalue weighted by Gasteiger charge is 2.24. The van der Waals surface area contributed by atoms with Gasteiger partial charge in [0.2, 0.25) is 0 Å². The van der Waals surface area contributed by atoms with Crippen LogP contribution in [0.3, 0.4) is 0 Å². The standard InChI is InChI=1S/C21H23N3O2/c22-13-17-5-1-2-6-18(17)16-11-9-15(10-12-16)14-23-21(26)24-19-7-3-4-8-20(19)25/h1-2,5-6,9-12,19-20,25H,3-4,7-8,14H2,(H2,23,24,26). The fraction of sp³-hybridized carbons (Fsp3) is 0.333. The van der Waals surface area contributed by atoms with E-state index in [1.165, 1.54) is 0 Å². The number of rotatable bonds is 4. The van der Waals surface area contributed by atoms with Crippen molar-refractivity contribution in [1.82, 2.24) is 10.6 Å². The van der Waals surface area contributed by atoms with Gasteiger partial charge in [-0.2, -0.15) is 5.26 Å². The van der Waals surface area contributed by atoms with Crippen LogP contribution in [0.5, 0.6) is 0 Å². The zero-order valence-electron chi connectivity index (χ0n) is 14.6. The first-order valence-electron chi connectivity index (χ1n) is 8.98. The van der Waals surface area contributed by atoms with Crippen molar-refractivity contribution in [2.24, 2.45) is 0 Å². The van der Waals surface area contributed by atoms with Crippen molar-refractivity contribution in [3.8, 4) is 17.2 Å². The molecule has 0 aromatic heterocycles. The van der Waals surface area contributed by atoms with Crippen LogP contribution in [-0.4, -0.2) is 23.3 Å². The molecule has 2 aromatic rings. The van der Waals surface area contributed by atoms with Gasteiger partial charge in [0, 0.05) is 6.54 Å². The predicted molar refractivity (Wildman–Crippen MR) is 100 cm³/mol. The SMILES string of the molecule is N#Cc1ccccc1-c1ccc(CNC(=O)NC2CCCCC2O)cc1. The average Bonchev–Trinajstić information content (AvgIpc) is 2.68. The Hall–Kier alpha value is -2.84. The third-order valence-corrected chi connectivity index (χ3v) is 4.81. The normalized spacial score (nSPS) is 19.4. The number of aliphatic hydroxyl groups excluding tert-OH is 1. The van der Waals surface area contributed by atoms with Crippen LogP contribution in [0.2, 0.25) is 0 Å². The molecule has 26 heavy (non-hydrogen) atoms. The Balaban J connectivity index is 1.56. The Morgan fingerprint density at radius 1 is 1.12 bits per heavy atom. The molecule has 134 valence electrons. The largest absolute Gasteiger partial charge is 0.391 e. The lowest BCUT2D eigenvalue weighted by Crippen LogP contribution is -2.48. The van der Waals surface area contributed by atoms with E-state index in [0.717, 1.165) is 42.4 Å². The molecule has 1 fully saturated rings. The topological polar surface area (TPSA) is 85.2 Å². The lowest BCUT2D eigenvalue weighted by molar-refractivity contribution is 0.0943. The summed E-state index contributed by atoms with van der Waals surface area (Å²) < 4.78 is 0. The number of nitrogens with zero attached hydrogens (tertiary/aromatic N) is 1. The Morgan fingerprint density at radius 3 is 2.58 bits per heavy atom. The summed E-state index contributed by atoms with van der Waals surface area (Å²) in [6, 6.07) is 17.1. The Morgan fingerprint density at radius 2 is 1.85 bits per heavy atom. The fourth-order valence-corrected chi connectivity index (χ4v) is 3.32. The molecule has 3 N–H and O–H groups in total. The molecule has 0 saturated heterocycles. The number of benzene rings is 2. The van der Waals surface area contributed by atoms with Gasteiger partial charge < -0.3 is 15.7 Å². The number of nitrogens with one attached hydrogen (secondary N) is 2. The molecule has 1 aliphatic carbocycles. The maximum Gasteiger partial charge on any atom is 0.315 e. The Kier molecular flexibility index (Phi) is 5.88.